The van der Waals surface area contributed by atoms with Crippen LogP contribution in [0, 0.1) is 0 Å². The molecule has 0 atom stereocenters. The Morgan fingerprint density at radius 3 is 2.36 bits per heavy atom. The van der Waals surface area contributed by atoms with Crippen LogP contribution in [0.25, 0.3) is 0 Å². The van der Waals surface area contributed by atoms with Crippen LogP contribution in [0.5, 0.6) is 5.75 Å². The third kappa shape index (κ3) is 5.06. The average molecular weight is 361 g/mol. The van der Waals surface area contributed by atoms with Crippen LogP contribution >= 0.6 is 11.6 Å². The molecule has 130 valence electrons. The molecule has 3 N–H and O–H groups in total. The molecule has 0 bridgehead atoms. The van der Waals surface area contributed by atoms with Gasteiger partial charge in [-0.05, 0) is 42.5 Å². The molecule has 2 amide bonds. The lowest BCUT2D eigenvalue weighted by molar-refractivity contribution is -0.116. The standard InChI is InChI=1S/C18H17ClN2O4/c1-25-16-8-4-12(19)10-14(16)15(22)7-9-17(23)21-13-5-2-11(3-6-13)18(20)24/h2-6,8,10H,7,9H2,1H3,(H2,20,24)(H,21,23). The number of methoxy groups -OCH3 is 1. The molecule has 2 rings (SSSR count). The summed E-state index contributed by atoms with van der Waals surface area (Å²) in [5.41, 5.74) is 6.36. The van der Waals surface area contributed by atoms with E-state index < -0.39 is 5.91 Å². The van der Waals surface area contributed by atoms with E-state index >= 15 is 0 Å². The van der Waals surface area contributed by atoms with E-state index in [1.165, 1.54) is 25.3 Å². The first-order valence-corrected chi connectivity index (χ1v) is 7.85. The highest BCUT2D eigenvalue weighted by Crippen LogP contribution is 2.24. The smallest absolute Gasteiger partial charge is 0.248 e. The van der Waals surface area contributed by atoms with Crippen LogP contribution in [0.3, 0.4) is 0 Å². The number of nitrogens with two attached hydrogens (primary N) is 1. The molecular formula is C18H17ClN2O4. The first kappa shape index (κ1) is 18.5. The second kappa shape index (κ2) is 8.30. The van der Waals surface area contributed by atoms with Crippen molar-refractivity contribution in [2.45, 2.75) is 12.8 Å². The van der Waals surface area contributed by atoms with E-state index in [0.29, 0.717) is 27.6 Å². The van der Waals surface area contributed by atoms with Crippen LogP contribution in [0.15, 0.2) is 42.5 Å². The molecule has 25 heavy (non-hydrogen) atoms. The number of hydrogen-bond acceptors (Lipinski definition) is 4. The zero-order chi connectivity index (χ0) is 18.4. The maximum absolute atomic E-state index is 12.3. The predicted octanol–water partition coefficient (Wildman–Crippen LogP) is 3.05. The van der Waals surface area contributed by atoms with Gasteiger partial charge in [0, 0.05) is 29.1 Å². The fourth-order valence-electron chi connectivity index (χ4n) is 2.20. The van der Waals surface area contributed by atoms with Gasteiger partial charge in [-0.2, -0.15) is 0 Å². The largest absolute Gasteiger partial charge is 0.496 e. The Balaban J connectivity index is 1.94. The molecule has 0 saturated carbocycles. The van der Waals surface area contributed by atoms with Crippen molar-refractivity contribution in [1.29, 1.82) is 0 Å². The number of Topliss-reactive ketones (excluding diaryl/α,β-unsaturated/α-hetero) is 1. The summed E-state index contributed by atoms with van der Waals surface area (Å²) in [5, 5.41) is 3.07. The van der Waals surface area contributed by atoms with E-state index in [0.717, 1.165) is 0 Å². The first-order chi connectivity index (χ1) is 11.9. The molecule has 0 unspecified atom stereocenters. The summed E-state index contributed by atoms with van der Waals surface area (Å²) >= 11 is 5.90. The number of nitrogens with one attached hydrogen (secondary N) is 1. The Hall–Kier alpha value is -2.86. The number of anilines is 1. The van der Waals surface area contributed by atoms with Gasteiger partial charge >= 0.3 is 0 Å². The van der Waals surface area contributed by atoms with Gasteiger partial charge in [-0.15, -0.1) is 0 Å². The Labute approximate surface area is 149 Å². The number of primary amides is 1. The second-order valence-electron chi connectivity index (χ2n) is 5.26. The van der Waals surface area contributed by atoms with Crippen molar-refractivity contribution in [3.63, 3.8) is 0 Å². The number of rotatable bonds is 7. The Bertz CT molecular complexity index is 803. The number of amides is 2. The average Bonchev–Trinajstić information content (AvgIpc) is 2.60. The van der Waals surface area contributed by atoms with Gasteiger partial charge in [-0.25, -0.2) is 0 Å². The minimum absolute atomic E-state index is 0.00602. The maximum atomic E-state index is 12.3. The molecule has 0 aliphatic carbocycles. The zero-order valence-corrected chi connectivity index (χ0v) is 14.3. The van der Waals surface area contributed by atoms with E-state index in [1.54, 1.807) is 24.3 Å². The molecule has 0 radical (unpaired) electrons. The third-order valence-corrected chi connectivity index (χ3v) is 3.73. The van der Waals surface area contributed by atoms with Gasteiger partial charge in [-0.3, -0.25) is 14.4 Å². The highest BCUT2D eigenvalue weighted by atomic mass is 35.5. The van der Waals surface area contributed by atoms with Gasteiger partial charge in [0.25, 0.3) is 0 Å². The number of halogens is 1. The summed E-state index contributed by atoms with van der Waals surface area (Å²) in [7, 11) is 1.46. The van der Waals surface area contributed by atoms with E-state index in [4.69, 9.17) is 22.1 Å². The minimum Gasteiger partial charge on any atom is -0.496 e. The molecule has 0 aliphatic rings. The van der Waals surface area contributed by atoms with E-state index in [-0.39, 0.29) is 24.5 Å². The van der Waals surface area contributed by atoms with Crippen molar-refractivity contribution in [2.24, 2.45) is 5.73 Å². The van der Waals surface area contributed by atoms with Gasteiger partial charge in [-0.1, -0.05) is 11.6 Å². The van der Waals surface area contributed by atoms with Crippen LogP contribution < -0.4 is 15.8 Å². The molecule has 0 spiro atoms. The number of ketones is 1. The molecular weight excluding hydrogens is 344 g/mol. The summed E-state index contributed by atoms with van der Waals surface area (Å²) < 4.78 is 5.14. The lowest BCUT2D eigenvalue weighted by Gasteiger charge is -2.09. The predicted molar refractivity (Wildman–Crippen MR) is 95.2 cm³/mol. The number of ether oxygens (including phenoxy) is 1. The maximum Gasteiger partial charge on any atom is 0.248 e. The molecule has 2 aromatic carbocycles. The fourth-order valence-corrected chi connectivity index (χ4v) is 2.37. The summed E-state index contributed by atoms with van der Waals surface area (Å²) in [6, 6.07) is 10.9. The quantitative estimate of drug-likeness (QED) is 0.741. The van der Waals surface area contributed by atoms with Crippen molar-refractivity contribution < 1.29 is 19.1 Å². The van der Waals surface area contributed by atoms with Gasteiger partial charge < -0.3 is 15.8 Å². The van der Waals surface area contributed by atoms with E-state index in [1.807, 2.05) is 0 Å². The Morgan fingerprint density at radius 1 is 1.08 bits per heavy atom. The number of hydrogen-bond donors (Lipinski definition) is 2. The topological polar surface area (TPSA) is 98.5 Å². The van der Waals surface area contributed by atoms with Crippen LogP contribution in [0.2, 0.25) is 5.02 Å². The monoisotopic (exact) mass is 360 g/mol. The van der Waals surface area contributed by atoms with Crippen LogP contribution in [0.4, 0.5) is 5.69 Å². The number of benzene rings is 2. The molecule has 6 nitrogen and oxygen atoms in total. The highest BCUT2D eigenvalue weighted by molar-refractivity contribution is 6.31. The van der Waals surface area contributed by atoms with Gasteiger partial charge in [0.05, 0.1) is 12.7 Å². The molecule has 0 aromatic heterocycles. The van der Waals surface area contributed by atoms with Crippen molar-refractivity contribution in [2.75, 3.05) is 12.4 Å². The molecule has 0 aliphatic heterocycles. The molecule has 7 heteroatoms. The summed E-state index contributed by atoms with van der Waals surface area (Å²) in [5.74, 6) is -0.685. The number of carbonyl (C=O) groups is 3. The van der Waals surface area contributed by atoms with Crippen molar-refractivity contribution >= 4 is 34.9 Å². The van der Waals surface area contributed by atoms with Crippen LogP contribution in [-0.4, -0.2) is 24.7 Å². The van der Waals surface area contributed by atoms with Crippen molar-refractivity contribution in [1.82, 2.24) is 0 Å². The van der Waals surface area contributed by atoms with Gasteiger partial charge in [0.1, 0.15) is 5.75 Å². The normalized spacial score (nSPS) is 10.2. The number of carbonyl (C=O) groups excluding carboxylic acids is 3. The highest BCUT2D eigenvalue weighted by Gasteiger charge is 2.15. The molecule has 0 fully saturated rings. The summed E-state index contributed by atoms with van der Waals surface area (Å²) in [6.45, 7) is 0. The lowest BCUT2D eigenvalue weighted by atomic mass is 10.1. The minimum atomic E-state index is -0.543. The second-order valence-corrected chi connectivity index (χ2v) is 5.69. The van der Waals surface area contributed by atoms with Crippen molar-refractivity contribution in [3.8, 4) is 5.75 Å². The third-order valence-electron chi connectivity index (χ3n) is 3.49. The van der Waals surface area contributed by atoms with Crippen LogP contribution in [-0.2, 0) is 4.79 Å². The van der Waals surface area contributed by atoms with E-state index in [2.05, 4.69) is 5.32 Å². The van der Waals surface area contributed by atoms with Crippen molar-refractivity contribution in [3.05, 3.63) is 58.6 Å². The van der Waals surface area contributed by atoms with Gasteiger partial charge in [0.15, 0.2) is 5.78 Å². The first-order valence-electron chi connectivity index (χ1n) is 7.47. The van der Waals surface area contributed by atoms with E-state index in [9.17, 15) is 14.4 Å². The zero-order valence-electron chi connectivity index (χ0n) is 13.5. The summed E-state index contributed by atoms with van der Waals surface area (Å²) in [4.78, 5) is 35.3. The lowest BCUT2D eigenvalue weighted by Crippen LogP contribution is -2.14. The molecule has 0 heterocycles. The SMILES string of the molecule is COc1ccc(Cl)cc1C(=O)CCC(=O)Nc1ccc(C(N)=O)cc1. The van der Waals surface area contributed by atoms with Gasteiger partial charge in [0.2, 0.25) is 11.8 Å². The van der Waals surface area contributed by atoms with Crippen LogP contribution in [0.1, 0.15) is 33.6 Å². The fraction of sp³-hybridized carbons (Fsp3) is 0.167. The molecule has 0 saturated heterocycles. The Morgan fingerprint density at radius 2 is 1.76 bits per heavy atom. The Kier molecular flexibility index (Phi) is 6.14. The summed E-state index contributed by atoms with van der Waals surface area (Å²) in [6.07, 6.45) is 0.0218. The molecule has 2 aromatic rings.